The van der Waals surface area contributed by atoms with Crippen LogP contribution in [0.1, 0.15) is 26.3 Å². The summed E-state index contributed by atoms with van der Waals surface area (Å²) < 4.78 is 40.9. The van der Waals surface area contributed by atoms with Gasteiger partial charge >= 0.3 is 0 Å². The number of carbonyl (C=O) groups is 2. The van der Waals surface area contributed by atoms with Crippen LogP contribution in [0.4, 0.5) is 4.39 Å². The molecule has 0 fully saturated rings. The minimum atomic E-state index is -3.97. The van der Waals surface area contributed by atoms with Gasteiger partial charge in [0.2, 0.25) is 21.8 Å². The van der Waals surface area contributed by atoms with Gasteiger partial charge in [-0.2, -0.15) is 4.31 Å². The van der Waals surface area contributed by atoms with E-state index < -0.39 is 34.3 Å². The van der Waals surface area contributed by atoms with Crippen LogP contribution in [0.5, 0.6) is 0 Å². The van der Waals surface area contributed by atoms with Gasteiger partial charge in [0, 0.05) is 20.1 Å². The number of nitrogens with zero attached hydrogens (tertiary/aromatic N) is 2. The smallest absolute Gasteiger partial charge is 0.243 e. The number of carbonyl (C=O) groups excluding carboxylic acids is 2. The second-order valence-corrected chi connectivity index (χ2v) is 11.3. The Morgan fingerprint density at radius 3 is 2.22 bits per heavy atom. The highest BCUT2D eigenvalue weighted by molar-refractivity contribution is 7.89. The number of rotatable bonds is 10. The standard InChI is InChI=1S/C27H32FN3O4S/c1-19(2)16-29-27(33)20(3)31(17-21-9-12-24(28)13-10-21)26(32)18-30(4)36(34,35)25-14-11-22-7-5-6-8-23(22)15-25/h5-15,19-20H,16-18H2,1-4H3,(H,29,33). The first-order valence-corrected chi connectivity index (χ1v) is 13.2. The third kappa shape index (κ3) is 6.67. The van der Waals surface area contributed by atoms with E-state index in [0.717, 1.165) is 15.1 Å². The Kier molecular flexibility index (Phi) is 8.81. The molecule has 1 unspecified atom stereocenters. The van der Waals surface area contributed by atoms with E-state index in [1.165, 1.54) is 42.3 Å². The summed E-state index contributed by atoms with van der Waals surface area (Å²) in [4.78, 5) is 27.5. The van der Waals surface area contributed by atoms with Crippen molar-refractivity contribution in [2.75, 3.05) is 20.1 Å². The number of amides is 2. The summed E-state index contributed by atoms with van der Waals surface area (Å²) in [6.07, 6.45) is 0. The van der Waals surface area contributed by atoms with Gasteiger partial charge in [-0.3, -0.25) is 9.59 Å². The molecule has 192 valence electrons. The Morgan fingerprint density at radius 2 is 1.58 bits per heavy atom. The summed E-state index contributed by atoms with van der Waals surface area (Å²) in [7, 11) is -2.63. The second kappa shape index (κ2) is 11.6. The third-order valence-electron chi connectivity index (χ3n) is 5.91. The Labute approximate surface area is 212 Å². The van der Waals surface area contributed by atoms with Crippen molar-refractivity contribution in [2.24, 2.45) is 5.92 Å². The molecule has 0 radical (unpaired) electrons. The lowest BCUT2D eigenvalue weighted by molar-refractivity contribution is -0.140. The Hall–Kier alpha value is -3.30. The fraction of sp³-hybridized carbons (Fsp3) is 0.333. The molecule has 0 heterocycles. The third-order valence-corrected chi connectivity index (χ3v) is 7.70. The topological polar surface area (TPSA) is 86.8 Å². The highest BCUT2D eigenvalue weighted by Gasteiger charge is 2.30. The van der Waals surface area contributed by atoms with Crippen molar-refractivity contribution in [3.63, 3.8) is 0 Å². The van der Waals surface area contributed by atoms with Gasteiger partial charge in [0.15, 0.2) is 0 Å². The molecule has 0 aliphatic carbocycles. The molecular weight excluding hydrogens is 481 g/mol. The van der Waals surface area contributed by atoms with Gasteiger partial charge in [0.25, 0.3) is 0 Å². The fourth-order valence-corrected chi connectivity index (χ4v) is 4.85. The first-order valence-electron chi connectivity index (χ1n) is 11.8. The van der Waals surface area contributed by atoms with Crippen LogP contribution in [0.3, 0.4) is 0 Å². The molecule has 2 amide bonds. The Balaban J connectivity index is 1.83. The zero-order chi connectivity index (χ0) is 26.5. The number of halogens is 1. The number of nitrogens with one attached hydrogen (secondary N) is 1. The number of sulfonamides is 1. The van der Waals surface area contributed by atoms with Gasteiger partial charge in [-0.1, -0.05) is 56.3 Å². The number of hydrogen-bond acceptors (Lipinski definition) is 4. The summed E-state index contributed by atoms with van der Waals surface area (Å²) in [5.41, 5.74) is 0.619. The van der Waals surface area contributed by atoms with E-state index in [2.05, 4.69) is 5.32 Å². The van der Waals surface area contributed by atoms with Crippen molar-refractivity contribution in [1.29, 1.82) is 0 Å². The van der Waals surface area contributed by atoms with Crippen molar-refractivity contribution in [2.45, 2.75) is 38.3 Å². The Bertz CT molecular complexity index is 1330. The van der Waals surface area contributed by atoms with Crippen LogP contribution >= 0.6 is 0 Å². The van der Waals surface area contributed by atoms with Crippen LogP contribution in [0, 0.1) is 11.7 Å². The molecule has 0 spiro atoms. The van der Waals surface area contributed by atoms with Crippen LogP contribution in [0.25, 0.3) is 10.8 Å². The molecular formula is C27H32FN3O4S. The average molecular weight is 514 g/mol. The molecule has 0 aliphatic heterocycles. The predicted octanol–water partition coefficient (Wildman–Crippen LogP) is 3.79. The normalized spacial score (nSPS) is 12.6. The lowest BCUT2D eigenvalue weighted by atomic mass is 10.1. The highest BCUT2D eigenvalue weighted by Crippen LogP contribution is 2.22. The predicted molar refractivity (Wildman–Crippen MR) is 138 cm³/mol. The average Bonchev–Trinajstić information content (AvgIpc) is 2.85. The summed E-state index contributed by atoms with van der Waals surface area (Å²) >= 11 is 0. The maximum absolute atomic E-state index is 13.4. The minimum absolute atomic E-state index is 0.0270. The van der Waals surface area contributed by atoms with E-state index >= 15 is 0 Å². The van der Waals surface area contributed by atoms with Crippen LogP contribution in [-0.2, 0) is 26.2 Å². The molecule has 3 aromatic rings. The van der Waals surface area contributed by atoms with Crippen molar-refractivity contribution in [3.05, 3.63) is 78.1 Å². The lowest BCUT2D eigenvalue weighted by Gasteiger charge is -2.30. The SMILES string of the molecule is CC(C)CNC(=O)C(C)N(Cc1ccc(F)cc1)C(=O)CN(C)S(=O)(=O)c1ccc2ccccc2c1. The fourth-order valence-electron chi connectivity index (χ4n) is 3.70. The highest BCUT2D eigenvalue weighted by atomic mass is 32.2. The lowest BCUT2D eigenvalue weighted by Crippen LogP contribution is -2.51. The molecule has 1 atom stereocenters. The van der Waals surface area contributed by atoms with E-state index in [1.54, 1.807) is 19.1 Å². The monoisotopic (exact) mass is 513 g/mol. The zero-order valence-electron chi connectivity index (χ0n) is 20.9. The molecule has 9 heteroatoms. The van der Waals surface area contributed by atoms with Crippen LogP contribution in [0.15, 0.2) is 71.6 Å². The van der Waals surface area contributed by atoms with Crippen LogP contribution in [0.2, 0.25) is 0 Å². The molecule has 3 aromatic carbocycles. The molecule has 0 aliphatic rings. The molecule has 0 aromatic heterocycles. The summed E-state index contributed by atoms with van der Waals surface area (Å²) in [6, 6.07) is 17.0. The zero-order valence-corrected chi connectivity index (χ0v) is 21.8. The number of fused-ring (bicyclic) bond motifs is 1. The van der Waals surface area contributed by atoms with Crippen molar-refractivity contribution in [1.82, 2.24) is 14.5 Å². The molecule has 3 rings (SSSR count). The van der Waals surface area contributed by atoms with Crippen LogP contribution in [-0.4, -0.2) is 55.6 Å². The van der Waals surface area contributed by atoms with Crippen LogP contribution < -0.4 is 5.32 Å². The molecule has 7 nitrogen and oxygen atoms in total. The number of likely N-dealkylation sites (N-methyl/N-ethyl adjacent to an activating group) is 1. The maximum Gasteiger partial charge on any atom is 0.243 e. The van der Waals surface area contributed by atoms with Gasteiger partial charge in [0.05, 0.1) is 11.4 Å². The van der Waals surface area contributed by atoms with E-state index in [4.69, 9.17) is 0 Å². The molecule has 1 N–H and O–H groups in total. The maximum atomic E-state index is 13.4. The van der Waals surface area contributed by atoms with Crippen molar-refractivity contribution < 1.29 is 22.4 Å². The quantitative estimate of drug-likeness (QED) is 0.447. The van der Waals surface area contributed by atoms with E-state index in [0.29, 0.717) is 12.1 Å². The number of benzene rings is 3. The first kappa shape index (κ1) is 27.3. The van der Waals surface area contributed by atoms with Crippen molar-refractivity contribution in [3.8, 4) is 0 Å². The van der Waals surface area contributed by atoms with E-state index in [-0.39, 0.29) is 23.3 Å². The summed E-state index contributed by atoms with van der Waals surface area (Å²) in [6.45, 7) is 5.52. The van der Waals surface area contributed by atoms with Crippen molar-refractivity contribution >= 4 is 32.6 Å². The van der Waals surface area contributed by atoms with Gasteiger partial charge in [-0.15, -0.1) is 0 Å². The summed E-state index contributed by atoms with van der Waals surface area (Å²) in [5.74, 6) is -1.08. The largest absolute Gasteiger partial charge is 0.354 e. The molecule has 36 heavy (non-hydrogen) atoms. The van der Waals surface area contributed by atoms with E-state index in [1.807, 2.05) is 38.1 Å². The molecule has 0 bridgehead atoms. The van der Waals surface area contributed by atoms with Gasteiger partial charge < -0.3 is 10.2 Å². The minimum Gasteiger partial charge on any atom is -0.354 e. The number of hydrogen-bond donors (Lipinski definition) is 1. The Morgan fingerprint density at radius 1 is 0.944 bits per heavy atom. The molecule has 0 saturated heterocycles. The van der Waals surface area contributed by atoms with Gasteiger partial charge in [-0.25, -0.2) is 12.8 Å². The second-order valence-electron chi connectivity index (χ2n) is 9.23. The van der Waals surface area contributed by atoms with E-state index in [9.17, 15) is 22.4 Å². The van der Waals surface area contributed by atoms with Gasteiger partial charge in [-0.05, 0) is 53.4 Å². The first-order chi connectivity index (χ1) is 17.0. The van der Waals surface area contributed by atoms with Gasteiger partial charge in [0.1, 0.15) is 11.9 Å². The molecule has 0 saturated carbocycles. The summed E-state index contributed by atoms with van der Waals surface area (Å²) in [5, 5.41) is 4.49.